The van der Waals surface area contributed by atoms with Crippen molar-refractivity contribution in [1.82, 2.24) is 14.5 Å². The summed E-state index contributed by atoms with van der Waals surface area (Å²) in [7, 11) is 0. The molecule has 0 atom stereocenters. The Hall–Kier alpha value is -5.36. The van der Waals surface area contributed by atoms with Crippen molar-refractivity contribution in [3.63, 3.8) is 0 Å². The highest BCUT2D eigenvalue weighted by atomic mass is 32.1. The van der Waals surface area contributed by atoms with E-state index in [9.17, 15) is 0 Å². The van der Waals surface area contributed by atoms with E-state index in [1.807, 2.05) is 47.5 Å². The Bertz CT molecular complexity index is 2700. The molecule has 0 aliphatic rings. The zero-order chi connectivity index (χ0) is 29.5. The second kappa shape index (κ2) is 9.57. The highest BCUT2D eigenvalue weighted by Gasteiger charge is 2.20. The molecule has 0 unspecified atom stereocenters. The zero-order valence-corrected chi connectivity index (χ0v) is 25.6. The summed E-state index contributed by atoms with van der Waals surface area (Å²) in [5.41, 5.74) is 8.15. The highest BCUT2D eigenvalue weighted by Crippen LogP contribution is 2.48. The fourth-order valence-corrected chi connectivity index (χ4v) is 9.59. The van der Waals surface area contributed by atoms with Gasteiger partial charge in [0.05, 0.1) is 11.0 Å². The fourth-order valence-electron chi connectivity index (χ4n) is 6.99. The van der Waals surface area contributed by atoms with Gasteiger partial charge in [0.1, 0.15) is 0 Å². The summed E-state index contributed by atoms with van der Waals surface area (Å²) in [4.78, 5) is 8.55. The number of thiophene rings is 2. The van der Waals surface area contributed by atoms with Crippen molar-refractivity contribution in [2.45, 2.75) is 0 Å². The zero-order valence-electron chi connectivity index (χ0n) is 23.9. The van der Waals surface area contributed by atoms with Gasteiger partial charge in [0.2, 0.25) is 0 Å². The number of para-hydroxylation sites is 1. The Kier molecular flexibility index (Phi) is 5.32. The predicted molar refractivity (Wildman–Crippen MR) is 193 cm³/mol. The van der Waals surface area contributed by atoms with Gasteiger partial charge in [0, 0.05) is 81.6 Å². The SMILES string of the molecule is c1ccc2c(c1)sc1ccc3c4ccc5c(c6ccccc6n5-c5cc(-c6ccncc6)cc(-c6ccncc6)c5)c4sc3c12. The third-order valence-electron chi connectivity index (χ3n) is 8.98. The topological polar surface area (TPSA) is 30.7 Å². The Labute approximate surface area is 266 Å². The molecule has 3 nitrogen and oxygen atoms in total. The summed E-state index contributed by atoms with van der Waals surface area (Å²) in [6.07, 6.45) is 7.45. The third-order valence-corrected chi connectivity index (χ3v) is 11.4. The Balaban J connectivity index is 1.31. The molecule has 210 valence electrons. The molecule has 0 saturated carbocycles. The molecule has 0 N–H and O–H groups in total. The van der Waals surface area contributed by atoms with E-state index in [4.69, 9.17) is 0 Å². The minimum absolute atomic E-state index is 1.13. The van der Waals surface area contributed by atoms with Crippen molar-refractivity contribution in [3.05, 3.63) is 140 Å². The van der Waals surface area contributed by atoms with Crippen LogP contribution in [-0.2, 0) is 0 Å². The van der Waals surface area contributed by atoms with Gasteiger partial charge >= 0.3 is 0 Å². The first-order valence-corrected chi connectivity index (χ1v) is 16.6. The fraction of sp³-hybridized carbons (Fsp3) is 0. The van der Waals surface area contributed by atoms with Gasteiger partial charge in [0.25, 0.3) is 0 Å². The molecular formula is C40H23N3S2. The smallest absolute Gasteiger partial charge is 0.0555 e. The number of hydrogen-bond acceptors (Lipinski definition) is 4. The van der Waals surface area contributed by atoms with E-state index >= 15 is 0 Å². The number of benzene rings is 5. The van der Waals surface area contributed by atoms with Crippen molar-refractivity contribution in [2.75, 3.05) is 0 Å². The molecular weight excluding hydrogens is 587 g/mol. The van der Waals surface area contributed by atoms with E-state index in [-0.39, 0.29) is 0 Å². The van der Waals surface area contributed by atoms with E-state index in [2.05, 4.69) is 130 Å². The number of rotatable bonds is 3. The molecule has 0 saturated heterocycles. The first kappa shape index (κ1) is 25.0. The summed E-state index contributed by atoms with van der Waals surface area (Å²) in [5.74, 6) is 0. The maximum atomic E-state index is 4.27. The van der Waals surface area contributed by atoms with Gasteiger partial charge in [-0.15, -0.1) is 22.7 Å². The molecule has 0 radical (unpaired) electrons. The van der Waals surface area contributed by atoms with Crippen LogP contribution in [-0.4, -0.2) is 14.5 Å². The highest BCUT2D eigenvalue weighted by molar-refractivity contribution is 7.30. The largest absolute Gasteiger partial charge is 0.309 e. The summed E-state index contributed by atoms with van der Waals surface area (Å²) in [5, 5.41) is 7.99. The summed E-state index contributed by atoms with van der Waals surface area (Å²) >= 11 is 3.83. The van der Waals surface area contributed by atoms with Gasteiger partial charge < -0.3 is 4.57 Å². The van der Waals surface area contributed by atoms with Gasteiger partial charge in [-0.3, -0.25) is 9.97 Å². The van der Waals surface area contributed by atoms with E-state index in [1.54, 1.807) is 0 Å². The first-order chi connectivity index (χ1) is 22.3. The maximum absolute atomic E-state index is 4.27. The van der Waals surface area contributed by atoms with Crippen LogP contribution in [0.3, 0.4) is 0 Å². The summed E-state index contributed by atoms with van der Waals surface area (Å²) < 4.78 is 7.87. The number of hydrogen-bond donors (Lipinski definition) is 0. The molecule has 0 amide bonds. The van der Waals surface area contributed by atoms with Crippen LogP contribution in [0.5, 0.6) is 0 Å². The molecule has 10 rings (SSSR count). The van der Waals surface area contributed by atoms with Gasteiger partial charge in [-0.1, -0.05) is 48.5 Å². The van der Waals surface area contributed by atoms with Gasteiger partial charge in [-0.2, -0.15) is 0 Å². The molecule has 0 aliphatic carbocycles. The first-order valence-electron chi connectivity index (χ1n) is 15.0. The molecule has 10 aromatic rings. The van der Waals surface area contributed by atoms with Gasteiger partial charge in [-0.25, -0.2) is 0 Å². The van der Waals surface area contributed by atoms with Crippen molar-refractivity contribution in [2.24, 2.45) is 0 Å². The number of pyridine rings is 2. The molecule has 0 spiro atoms. The van der Waals surface area contributed by atoms with E-state index in [0.717, 1.165) is 27.9 Å². The monoisotopic (exact) mass is 609 g/mol. The third kappa shape index (κ3) is 3.69. The van der Waals surface area contributed by atoms with Crippen LogP contribution in [0.2, 0.25) is 0 Å². The molecule has 5 heteroatoms. The van der Waals surface area contributed by atoms with Crippen molar-refractivity contribution >= 4 is 84.8 Å². The maximum Gasteiger partial charge on any atom is 0.0555 e. The van der Waals surface area contributed by atoms with Crippen LogP contribution < -0.4 is 0 Å². The molecule has 0 fully saturated rings. The quantitative estimate of drug-likeness (QED) is 0.199. The van der Waals surface area contributed by atoms with E-state index in [0.29, 0.717) is 0 Å². The molecule has 0 aliphatic heterocycles. The van der Waals surface area contributed by atoms with E-state index in [1.165, 1.54) is 62.2 Å². The lowest BCUT2D eigenvalue weighted by Gasteiger charge is -2.14. The van der Waals surface area contributed by atoms with Gasteiger partial charge in [0.15, 0.2) is 0 Å². The van der Waals surface area contributed by atoms with Crippen LogP contribution in [0.25, 0.3) is 90.1 Å². The second-order valence-corrected chi connectivity index (χ2v) is 13.5. The van der Waals surface area contributed by atoms with Crippen molar-refractivity contribution in [3.8, 4) is 27.9 Å². The Morgan fingerprint density at radius 2 is 1.04 bits per heavy atom. The molecule has 5 aromatic heterocycles. The molecule has 45 heavy (non-hydrogen) atoms. The lowest BCUT2D eigenvalue weighted by molar-refractivity contribution is 1.18. The molecule has 0 bridgehead atoms. The predicted octanol–water partition coefficient (Wildman–Crippen LogP) is 11.6. The number of aromatic nitrogens is 3. The lowest BCUT2D eigenvalue weighted by atomic mass is 9.99. The summed E-state index contributed by atoms with van der Waals surface area (Å²) in [6, 6.07) is 42.2. The van der Waals surface area contributed by atoms with Crippen molar-refractivity contribution < 1.29 is 0 Å². The standard InChI is InChI=1S/C40H23N3S2/c1-3-7-33-31(5-1)37-34(11-9-29-30-10-12-36-38(40(30)45-39(29)37)32-6-2-4-8-35(32)44-36)43(33)28-22-26(24-13-17-41-18-14-24)21-27(23-28)25-15-19-42-20-16-25/h1-23H. The molecule has 5 aromatic carbocycles. The minimum atomic E-state index is 1.13. The van der Waals surface area contributed by atoms with Crippen LogP contribution in [0.1, 0.15) is 0 Å². The number of fused-ring (bicyclic) bond motifs is 11. The van der Waals surface area contributed by atoms with Crippen molar-refractivity contribution in [1.29, 1.82) is 0 Å². The average Bonchev–Trinajstić information content (AvgIpc) is 3.78. The van der Waals surface area contributed by atoms with Crippen LogP contribution in [0.15, 0.2) is 140 Å². The average molecular weight is 610 g/mol. The Morgan fingerprint density at radius 3 is 1.78 bits per heavy atom. The lowest BCUT2D eigenvalue weighted by Crippen LogP contribution is -1.96. The van der Waals surface area contributed by atoms with Gasteiger partial charge in [-0.05, 0) is 89.0 Å². The molecule has 5 heterocycles. The normalized spacial score (nSPS) is 12.0. The van der Waals surface area contributed by atoms with E-state index < -0.39 is 0 Å². The minimum Gasteiger partial charge on any atom is -0.309 e. The van der Waals surface area contributed by atoms with Crippen LogP contribution >= 0.6 is 22.7 Å². The summed E-state index contributed by atoms with van der Waals surface area (Å²) in [6.45, 7) is 0. The van der Waals surface area contributed by atoms with Crippen LogP contribution in [0.4, 0.5) is 0 Å². The second-order valence-electron chi connectivity index (χ2n) is 11.4. The van der Waals surface area contributed by atoms with Crippen LogP contribution in [0, 0.1) is 0 Å². The number of nitrogens with zero attached hydrogens (tertiary/aromatic N) is 3. The Morgan fingerprint density at radius 1 is 0.422 bits per heavy atom.